The molecule has 4 amide bonds. The van der Waals surface area contributed by atoms with Gasteiger partial charge >= 0.3 is 22.7 Å². The Morgan fingerprint density at radius 1 is 0.631 bits per heavy atom. The molecule has 22 nitrogen and oxygen atoms in total. The monoisotopic (exact) mass is 890 g/mol. The number of nitro groups is 4. The van der Waals surface area contributed by atoms with Gasteiger partial charge in [-0.3, -0.25) is 59.6 Å². The van der Waals surface area contributed by atoms with Gasteiger partial charge in [0, 0.05) is 70.0 Å². The zero-order chi connectivity index (χ0) is 46.9. The van der Waals surface area contributed by atoms with E-state index in [2.05, 4.69) is 0 Å². The molecule has 4 aliphatic rings. The van der Waals surface area contributed by atoms with E-state index in [-0.39, 0.29) is 47.9 Å². The first-order chi connectivity index (χ1) is 30.8. The number of allylic oxidation sites excluding steroid dienone is 2. The molecule has 0 spiro atoms. The highest BCUT2D eigenvalue weighted by atomic mass is 16.6. The number of nitro benzene ring substituents is 4. The van der Waals surface area contributed by atoms with Crippen molar-refractivity contribution >= 4 is 69.1 Å². The van der Waals surface area contributed by atoms with Crippen LogP contribution < -0.4 is 24.3 Å². The average Bonchev–Trinajstić information content (AvgIpc) is 3.67. The van der Waals surface area contributed by atoms with E-state index in [1.165, 1.54) is 46.4 Å². The summed E-state index contributed by atoms with van der Waals surface area (Å²) >= 11 is 0. The van der Waals surface area contributed by atoms with Gasteiger partial charge in [-0.2, -0.15) is 0 Å². The van der Waals surface area contributed by atoms with E-state index in [1.807, 2.05) is 30.3 Å². The van der Waals surface area contributed by atoms with Crippen molar-refractivity contribution < 1.29 is 48.7 Å². The van der Waals surface area contributed by atoms with Crippen molar-refractivity contribution in [1.29, 1.82) is 0 Å². The number of hydrogen-bond acceptors (Lipinski definition) is 16. The molecule has 2 saturated heterocycles. The minimum Gasteiger partial charge on any atom is -0.508 e. The van der Waals surface area contributed by atoms with Crippen LogP contribution in [0.4, 0.5) is 45.5 Å². The molecule has 334 valence electrons. The van der Waals surface area contributed by atoms with E-state index in [4.69, 9.17) is 4.74 Å². The van der Waals surface area contributed by atoms with Gasteiger partial charge < -0.3 is 19.6 Å². The summed E-state index contributed by atoms with van der Waals surface area (Å²) in [5, 5.41) is 60.8. The van der Waals surface area contributed by atoms with Gasteiger partial charge in [0.15, 0.2) is 11.4 Å². The average molecular weight is 891 g/mol. The first-order valence-corrected chi connectivity index (χ1v) is 20.1. The van der Waals surface area contributed by atoms with Gasteiger partial charge in [-0.1, -0.05) is 48.0 Å². The lowest BCUT2D eigenvalue weighted by Gasteiger charge is -2.44. The summed E-state index contributed by atoms with van der Waals surface area (Å²) in [6.07, 6.45) is 1.28. The van der Waals surface area contributed by atoms with Crippen molar-refractivity contribution in [1.82, 2.24) is 0 Å². The lowest BCUT2D eigenvalue weighted by atomic mass is 9.57. The van der Waals surface area contributed by atoms with E-state index < -0.39 is 113 Å². The van der Waals surface area contributed by atoms with Gasteiger partial charge in [0.2, 0.25) is 23.6 Å². The molecule has 6 atom stereocenters. The molecule has 2 heterocycles. The molecule has 2 aliphatic heterocycles. The predicted molar refractivity (Wildman–Crippen MR) is 230 cm³/mol. The van der Waals surface area contributed by atoms with Crippen LogP contribution in [0.5, 0.6) is 11.5 Å². The van der Waals surface area contributed by atoms with Crippen LogP contribution in [0, 0.1) is 70.0 Å². The molecule has 0 aromatic heterocycles. The minimum absolute atomic E-state index is 0.110. The van der Waals surface area contributed by atoms with Crippen LogP contribution in [0.15, 0.2) is 84.4 Å². The number of amides is 4. The van der Waals surface area contributed by atoms with E-state index in [9.17, 15) is 64.7 Å². The van der Waals surface area contributed by atoms with Crippen molar-refractivity contribution in [2.45, 2.75) is 25.4 Å². The number of hydrogen-bond donors (Lipinski definition) is 1. The molecule has 0 radical (unpaired) electrons. The summed E-state index contributed by atoms with van der Waals surface area (Å²) < 4.78 is 5.92. The fourth-order valence-corrected chi connectivity index (χ4v) is 9.97. The molecule has 1 saturated carbocycles. The summed E-state index contributed by atoms with van der Waals surface area (Å²) in [6, 6.07) is 17.1. The van der Waals surface area contributed by atoms with Crippen LogP contribution >= 0.6 is 0 Å². The van der Waals surface area contributed by atoms with Crippen molar-refractivity contribution in [2.24, 2.45) is 29.6 Å². The molecule has 65 heavy (non-hydrogen) atoms. The summed E-state index contributed by atoms with van der Waals surface area (Å²) in [6.45, 7) is 0.133. The van der Waals surface area contributed by atoms with Gasteiger partial charge in [-0.05, 0) is 30.4 Å². The van der Waals surface area contributed by atoms with Crippen LogP contribution in [-0.2, 0) is 25.8 Å². The first kappa shape index (κ1) is 43.4. The Kier molecular flexibility index (Phi) is 10.7. The van der Waals surface area contributed by atoms with Crippen LogP contribution in [-0.4, -0.2) is 76.6 Å². The van der Waals surface area contributed by atoms with Crippen molar-refractivity contribution in [2.75, 3.05) is 47.8 Å². The normalized spacial score (nSPS) is 22.2. The number of phenols is 1. The number of anilines is 4. The number of imide groups is 2. The SMILES string of the molecule is CN(C)c1c([N+](=O)[O-])cc(N2C(=O)[C@H]3[C@H](CC=C4[C@H]3C[C@H]3C(=O)N(c5cc([N+](=O)[O-])c(N(C)C)c([N+](=O)[O-])c5)C(=O)[C@H]3[C@H]4c3ccc(OCc4ccccc4)cc3O)C2=O)cc1[N+](=O)[O-]. The van der Waals surface area contributed by atoms with Gasteiger partial charge in [0.05, 0.1) is 54.7 Å². The van der Waals surface area contributed by atoms with Gasteiger partial charge in [0.1, 0.15) is 18.1 Å². The third-order valence-corrected chi connectivity index (χ3v) is 12.5. The smallest absolute Gasteiger partial charge is 0.301 e. The van der Waals surface area contributed by atoms with Crippen LogP contribution in [0.1, 0.15) is 29.9 Å². The summed E-state index contributed by atoms with van der Waals surface area (Å²) in [5.41, 5.74) is -3.29. The molecular formula is C43H38N8O14. The fraction of sp³-hybridized carbons (Fsp3) is 0.302. The Labute approximate surface area is 367 Å². The molecule has 4 aromatic rings. The second kappa shape index (κ2) is 16.1. The van der Waals surface area contributed by atoms with Crippen LogP contribution in [0.2, 0.25) is 0 Å². The number of benzene rings is 4. The summed E-state index contributed by atoms with van der Waals surface area (Å²) in [4.78, 5) is 108. The highest BCUT2D eigenvalue weighted by molar-refractivity contribution is 6.24. The predicted octanol–water partition coefficient (Wildman–Crippen LogP) is 5.78. The number of carbonyl (C=O) groups is 4. The number of ether oxygens (including phenoxy) is 1. The van der Waals surface area contributed by atoms with Crippen molar-refractivity contribution in [3.8, 4) is 11.5 Å². The van der Waals surface area contributed by atoms with Gasteiger partial charge in [-0.25, -0.2) is 9.80 Å². The van der Waals surface area contributed by atoms with E-state index in [0.717, 1.165) is 39.6 Å². The first-order valence-electron chi connectivity index (χ1n) is 20.1. The summed E-state index contributed by atoms with van der Waals surface area (Å²) in [5.74, 6) is -10.8. The number of phenolic OH excluding ortho intramolecular Hbond substituents is 1. The standard InChI is InChI=1S/C43H38N8O14/c1-44(2)38-30(48(57)58)14-22(15-31(38)49(59)60)46-40(53)27-13-12-25-28(36(27)42(46)55)19-29-37(35(25)26-11-10-24(18-34(26)52)65-20-21-8-6-5-7-9-21)43(56)47(41(29)54)23-16-32(50(61)62)39(45(3)4)33(17-23)51(63)64/h5-12,14-18,27-29,35-37,52H,13,19-20H2,1-4H3/t27-,28+,29+,35+,36-,37+/m0/s1. The number of rotatable bonds is 12. The molecule has 2 aliphatic carbocycles. The maximum atomic E-state index is 14.8. The molecule has 4 aromatic carbocycles. The molecule has 1 N–H and O–H groups in total. The van der Waals surface area contributed by atoms with E-state index in [1.54, 1.807) is 6.08 Å². The lowest BCUT2D eigenvalue weighted by molar-refractivity contribution is -0.392. The largest absolute Gasteiger partial charge is 0.508 e. The number of fused-ring (bicyclic) bond motifs is 4. The van der Waals surface area contributed by atoms with Crippen molar-refractivity contribution in [3.63, 3.8) is 0 Å². The number of carbonyl (C=O) groups excluding carboxylic acids is 4. The zero-order valence-corrected chi connectivity index (χ0v) is 34.9. The number of aromatic hydroxyl groups is 1. The topological polar surface area (TPSA) is 283 Å². The quantitative estimate of drug-likeness (QED) is 0.0763. The zero-order valence-electron chi connectivity index (χ0n) is 34.9. The minimum atomic E-state index is -1.33. The third-order valence-electron chi connectivity index (χ3n) is 12.5. The highest BCUT2D eigenvalue weighted by Gasteiger charge is 2.63. The Hall–Kier alpha value is -8.30. The Bertz CT molecular complexity index is 2740. The fourth-order valence-electron chi connectivity index (χ4n) is 9.97. The Morgan fingerprint density at radius 3 is 1.57 bits per heavy atom. The van der Waals surface area contributed by atoms with Crippen molar-refractivity contribution in [3.05, 3.63) is 136 Å². The van der Waals surface area contributed by atoms with Gasteiger partial charge in [0.25, 0.3) is 0 Å². The maximum absolute atomic E-state index is 14.8. The second-order valence-corrected chi connectivity index (χ2v) is 16.5. The van der Waals surface area contributed by atoms with Gasteiger partial charge in [-0.15, -0.1) is 0 Å². The maximum Gasteiger partial charge on any atom is 0.301 e. The van der Waals surface area contributed by atoms with Crippen LogP contribution in [0.25, 0.3) is 0 Å². The van der Waals surface area contributed by atoms with E-state index >= 15 is 0 Å². The number of nitrogens with zero attached hydrogens (tertiary/aromatic N) is 8. The lowest BCUT2D eigenvalue weighted by Crippen LogP contribution is -2.43. The molecular weight excluding hydrogens is 853 g/mol. The van der Waals surface area contributed by atoms with E-state index in [0.29, 0.717) is 15.4 Å². The molecule has 3 fully saturated rings. The second-order valence-electron chi connectivity index (χ2n) is 16.5. The molecule has 0 bridgehead atoms. The summed E-state index contributed by atoms with van der Waals surface area (Å²) in [7, 11) is 5.42. The molecule has 22 heteroatoms. The third kappa shape index (κ3) is 7.07. The Balaban J connectivity index is 1.24. The molecule has 0 unspecified atom stereocenters. The Morgan fingerprint density at radius 2 is 1.11 bits per heavy atom. The molecule has 8 rings (SSSR count). The highest BCUT2D eigenvalue weighted by Crippen LogP contribution is 2.60. The van der Waals surface area contributed by atoms with Crippen LogP contribution in [0.3, 0.4) is 0 Å².